The molecule has 3 rings (SSSR count). The number of nitrogens with one attached hydrogen (secondary N) is 2. The zero-order valence-electron chi connectivity index (χ0n) is 11.8. The van der Waals surface area contributed by atoms with Crippen LogP contribution in [0.3, 0.4) is 0 Å². The van der Waals surface area contributed by atoms with E-state index >= 15 is 0 Å². The van der Waals surface area contributed by atoms with Crippen molar-refractivity contribution in [2.75, 3.05) is 38.2 Å². The molecule has 2 atom stereocenters. The predicted octanol–water partition coefficient (Wildman–Crippen LogP) is 0.989. The third-order valence-electron chi connectivity index (χ3n) is 3.76. The number of anilines is 1. The number of carbonyl (C=O) groups excluding carboxylic acids is 1. The fourth-order valence-electron chi connectivity index (χ4n) is 2.52. The van der Waals surface area contributed by atoms with Crippen LogP contribution in [0.1, 0.15) is 11.7 Å². The molecule has 0 saturated carbocycles. The lowest BCUT2D eigenvalue weighted by Crippen LogP contribution is -2.35. The van der Waals surface area contributed by atoms with Crippen molar-refractivity contribution in [2.45, 2.75) is 12.3 Å². The van der Waals surface area contributed by atoms with Crippen molar-refractivity contribution in [3.63, 3.8) is 0 Å². The largest absolute Gasteiger partial charge is 0.423 e. The molecule has 0 spiro atoms. The second kappa shape index (κ2) is 5.87. The highest BCUT2D eigenvalue weighted by molar-refractivity contribution is 5.70. The Balaban J connectivity index is 1.75. The van der Waals surface area contributed by atoms with Gasteiger partial charge in [-0.05, 0) is 12.1 Å². The molecule has 0 bridgehead atoms. The Morgan fingerprint density at radius 1 is 1.38 bits per heavy atom. The summed E-state index contributed by atoms with van der Waals surface area (Å²) >= 11 is 0. The second-order valence-electron chi connectivity index (χ2n) is 5.12. The summed E-state index contributed by atoms with van der Waals surface area (Å²) in [7, 11) is 1.76. The highest BCUT2D eigenvalue weighted by Gasteiger charge is 2.27. The minimum Gasteiger partial charge on any atom is -0.423 e. The van der Waals surface area contributed by atoms with Gasteiger partial charge in [0.2, 0.25) is 0 Å². The number of hydrogen-bond acceptors (Lipinski definition) is 5. The molecule has 1 aromatic rings. The van der Waals surface area contributed by atoms with Gasteiger partial charge >= 0.3 is 6.09 Å². The van der Waals surface area contributed by atoms with Crippen molar-refractivity contribution in [1.82, 2.24) is 10.6 Å². The molecule has 2 saturated heterocycles. The zero-order valence-corrected chi connectivity index (χ0v) is 11.8. The van der Waals surface area contributed by atoms with E-state index in [-0.39, 0.29) is 11.9 Å². The average Bonchev–Trinajstić information content (AvgIpc) is 2.94. The Hall–Kier alpha value is -1.86. The van der Waals surface area contributed by atoms with Crippen LogP contribution in [-0.4, -0.2) is 45.6 Å². The van der Waals surface area contributed by atoms with Gasteiger partial charge in [0.15, 0.2) is 6.23 Å². The molecule has 1 aromatic carbocycles. The van der Waals surface area contributed by atoms with Crippen molar-refractivity contribution in [3.8, 4) is 0 Å². The Morgan fingerprint density at radius 2 is 2.24 bits per heavy atom. The van der Waals surface area contributed by atoms with Gasteiger partial charge in [-0.3, -0.25) is 0 Å². The van der Waals surface area contributed by atoms with Gasteiger partial charge in [-0.2, -0.15) is 0 Å². The summed E-state index contributed by atoms with van der Waals surface area (Å²) in [5, 5.41) is 5.75. The van der Waals surface area contributed by atoms with Crippen molar-refractivity contribution < 1.29 is 18.7 Å². The number of halogens is 1. The first-order valence-corrected chi connectivity index (χ1v) is 6.94. The Labute approximate surface area is 122 Å². The molecule has 0 radical (unpaired) electrons. The molecule has 7 heteroatoms. The van der Waals surface area contributed by atoms with Crippen LogP contribution in [0.5, 0.6) is 0 Å². The number of morpholine rings is 1. The number of carbonyl (C=O) groups is 1. The molecular weight excluding hydrogens is 277 g/mol. The van der Waals surface area contributed by atoms with Gasteiger partial charge in [0.05, 0.1) is 19.3 Å². The summed E-state index contributed by atoms with van der Waals surface area (Å²) in [5.74, 6) is -0.315. The van der Waals surface area contributed by atoms with Crippen LogP contribution in [0.15, 0.2) is 18.2 Å². The molecule has 2 fully saturated rings. The van der Waals surface area contributed by atoms with E-state index in [0.717, 1.165) is 6.54 Å². The van der Waals surface area contributed by atoms with E-state index in [9.17, 15) is 9.18 Å². The van der Waals surface area contributed by atoms with Crippen molar-refractivity contribution in [2.24, 2.45) is 0 Å². The topological polar surface area (TPSA) is 62.8 Å². The summed E-state index contributed by atoms with van der Waals surface area (Å²) in [5.41, 5.74) is 1.20. The van der Waals surface area contributed by atoms with E-state index in [1.54, 1.807) is 18.0 Å². The lowest BCUT2D eigenvalue weighted by atomic mass is 10.1. The van der Waals surface area contributed by atoms with E-state index in [4.69, 9.17) is 9.47 Å². The van der Waals surface area contributed by atoms with Gasteiger partial charge in [-0.1, -0.05) is 6.07 Å². The Bertz CT molecular complexity index is 534. The summed E-state index contributed by atoms with van der Waals surface area (Å²) in [6.45, 7) is 2.36. The Morgan fingerprint density at radius 3 is 2.86 bits per heavy atom. The highest BCUT2D eigenvalue weighted by Crippen LogP contribution is 2.26. The van der Waals surface area contributed by atoms with Crippen LogP contribution in [0, 0.1) is 5.82 Å². The monoisotopic (exact) mass is 295 g/mol. The van der Waals surface area contributed by atoms with Crippen molar-refractivity contribution in [3.05, 3.63) is 29.6 Å². The van der Waals surface area contributed by atoms with Crippen LogP contribution in [0.25, 0.3) is 0 Å². The van der Waals surface area contributed by atoms with Crippen molar-refractivity contribution in [1.29, 1.82) is 0 Å². The molecule has 2 N–H and O–H groups in total. The molecule has 6 nitrogen and oxygen atoms in total. The number of cyclic esters (lactones) is 1. The molecule has 0 aliphatic carbocycles. The summed E-state index contributed by atoms with van der Waals surface area (Å²) < 4.78 is 24.9. The normalized spacial score (nSPS) is 25.3. The number of ether oxygens (including phenoxy) is 2. The van der Waals surface area contributed by atoms with Crippen LogP contribution < -0.4 is 15.5 Å². The number of hydrogen-bond donors (Lipinski definition) is 2. The summed E-state index contributed by atoms with van der Waals surface area (Å²) in [4.78, 5) is 12.8. The van der Waals surface area contributed by atoms with Crippen LogP contribution in [-0.2, 0) is 9.47 Å². The van der Waals surface area contributed by atoms with E-state index in [1.165, 1.54) is 6.07 Å². The lowest BCUT2D eigenvalue weighted by molar-refractivity contribution is 0.0255. The second-order valence-corrected chi connectivity index (χ2v) is 5.12. The fourth-order valence-corrected chi connectivity index (χ4v) is 2.52. The van der Waals surface area contributed by atoms with E-state index < -0.39 is 12.3 Å². The first kappa shape index (κ1) is 14.1. The molecule has 0 aromatic heterocycles. The smallest absolute Gasteiger partial charge is 0.409 e. The first-order chi connectivity index (χ1) is 10.1. The van der Waals surface area contributed by atoms with Crippen LogP contribution >= 0.6 is 0 Å². The van der Waals surface area contributed by atoms with Gasteiger partial charge in [-0.15, -0.1) is 0 Å². The molecular formula is C14H18FN3O3. The Kier molecular flexibility index (Phi) is 3.94. The molecule has 114 valence electrons. The zero-order chi connectivity index (χ0) is 14.8. The van der Waals surface area contributed by atoms with E-state index in [1.807, 2.05) is 6.07 Å². The maximum Gasteiger partial charge on any atom is 0.409 e. The molecule has 2 heterocycles. The number of likely N-dealkylation sites (N-methyl/N-ethyl adjacent to an activating group) is 1. The first-order valence-electron chi connectivity index (χ1n) is 6.94. The number of nitrogens with zero attached hydrogens (tertiary/aromatic N) is 1. The maximum absolute atomic E-state index is 14.3. The third-order valence-corrected chi connectivity index (χ3v) is 3.76. The molecule has 2 aliphatic heterocycles. The number of benzene rings is 1. The highest BCUT2D eigenvalue weighted by atomic mass is 19.1. The van der Waals surface area contributed by atoms with Gasteiger partial charge in [0.25, 0.3) is 0 Å². The molecule has 2 unspecified atom stereocenters. The minimum absolute atomic E-state index is 0.260. The summed E-state index contributed by atoms with van der Waals surface area (Å²) in [6.07, 6.45) is -1.13. The van der Waals surface area contributed by atoms with Gasteiger partial charge in [0, 0.05) is 31.4 Å². The maximum atomic E-state index is 14.3. The minimum atomic E-state index is -0.453. The van der Waals surface area contributed by atoms with E-state index in [2.05, 4.69) is 10.6 Å². The van der Waals surface area contributed by atoms with Crippen molar-refractivity contribution >= 4 is 11.8 Å². The average molecular weight is 295 g/mol. The fraction of sp³-hybridized carbons (Fsp3) is 0.500. The van der Waals surface area contributed by atoms with Gasteiger partial charge in [0.1, 0.15) is 5.82 Å². The van der Waals surface area contributed by atoms with Gasteiger partial charge < -0.3 is 25.0 Å². The summed E-state index contributed by atoms with van der Waals surface area (Å²) in [6, 6.07) is 4.98. The number of alkyl carbamates (subject to hydrolysis) is 1. The number of amides is 1. The molecule has 2 aliphatic rings. The van der Waals surface area contributed by atoms with E-state index in [0.29, 0.717) is 30.9 Å². The standard InChI is InChI=1S/C14H18FN3O3/c1-18(13-8-17-14(19)21-13)9-2-3-10(11(15)6-9)12-7-16-4-5-20-12/h2-3,6,12-13,16H,4-5,7-8H2,1H3,(H,17,19). The van der Waals surface area contributed by atoms with Gasteiger partial charge in [-0.25, -0.2) is 9.18 Å². The lowest BCUT2D eigenvalue weighted by Gasteiger charge is -2.27. The SMILES string of the molecule is CN(c1ccc(C2CNCCO2)c(F)c1)C1CNC(=O)O1. The van der Waals surface area contributed by atoms with Crippen LogP contribution in [0.4, 0.5) is 14.9 Å². The predicted molar refractivity (Wildman–Crippen MR) is 74.6 cm³/mol. The quantitative estimate of drug-likeness (QED) is 0.870. The van der Waals surface area contributed by atoms with Crippen LogP contribution in [0.2, 0.25) is 0 Å². The third kappa shape index (κ3) is 2.93. The molecule has 1 amide bonds. The number of rotatable bonds is 3. The molecule has 21 heavy (non-hydrogen) atoms.